The van der Waals surface area contributed by atoms with E-state index in [1.165, 1.54) is 6.07 Å². The lowest BCUT2D eigenvalue weighted by Gasteiger charge is -2.22. The van der Waals surface area contributed by atoms with Crippen LogP contribution in [0.4, 0.5) is 4.39 Å². The third kappa shape index (κ3) is 3.78. The number of pyridine rings is 1. The van der Waals surface area contributed by atoms with Crippen LogP contribution in [-0.2, 0) is 4.79 Å². The quantitative estimate of drug-likeness (QED) is 0.360. The molecule has 0 aliphatic heterocycles. The zero-order chi connectivity index (χ0) is 24.0. The van der Waals surface area contributed by atoms with Gasteiger partial charge in [-0.05, 0) is 43.5 Å². The summed E-state index contributed by atoms with van der Waals surface area (Å²) in [4.78, 5) is 19.5. The highest BCUT2D eigenvalue weighted by Crippen LogP contribution is 2.41. The van der Waals surface area contributed by atoms with Crippen molar-refractivity contribution in [1.29, 1.82) is 0 Å². The van der Waals surface area contributed by atoms with E-state index in [1.54, 1.807) is 13.2 Å². The summed E-state index contributed by atoms with van der Waals surface area (Å²) in [6.45, 7) is 4.03. The number of aromatic nitrogens is 4. The van der Waals surface area contributed by atoms with Gasteiger partial charge >= 0.3 is 0 Å². The highest BCUT2D eigenvalue weighted by atomic mass is 35.5. The van der Waals surface area contributed by atoms with Crippen LogP contribution in [0.1, 0.15) is 61.4 Å². The van der Waals surface area contributed by atoms with Crippen molar-refractivity contribution in [2.75, 3.05) is 7.11 Å². The Hall–Kier alpha value is -3.19. The smallest absolute Gasteiger partial charge is 0.142 e. The predicted octanol–water partition coefficient (Wildman–Crippen LogP) is 6.37. The number of nitrogens with one attached hydrogen (secondary N) is 1. The molecule has 6 nitrogen and oxygen atoms in total. The number of halogens is 2. The standard InChI is InChI=1S/C26H26ClFN4O2/c1-14(24-23(34-3)9-8-22(28)25(24)27)20-12-30-26-19(20)10-16(11-29-26)21-13-31-32(15(21)2)17-4-6-18(33)7-5-17/h8-14,17H,4-7H2,1-3H3,(H,29,30). The van der Waals surface area contributed by atoms with Gasteiger partial charge in [0.05, 0.1) is 24.4 Å². The van der Waals surface area contributed by atoms with Gasteiger partial charge < -0.3 is 9.72 Å². The van der Waals surface area contributed by atoms with Gasteiger partial charge in [-0.3, -0.25) is 9.48 Å². The summed E-state index contributed by atoms with van der Waals surface area (Å²) < 4.78 is 21.8. The van der Waals surface area contributed by atoms with Gasteiger partial charge in [-0.1, -0.05) is 18.5 Å². The molecular formula is C26H26ClFN4O2. The van der Waals surface area contributed by atoms with E-state index in [2.05, 4.69) is 28.1 Å². The van der Waals surface area contributed by atoms with Crippen molar-refractivity contribution in [3.63, 3.8) is 0 Å². The molecule has 5 rings (SSSR count). The zero-order valence-electron chi connectivity index (χ0n) is 19.4. The first kappa shape index (κ1) is 22.6. The summed E-state index contributed by atoms with van der Waals surface area (Å²) in [7, 11) is 1.55. The number of H-pyrrole nitrogens is 1. The van der Waals surface area contributed by atoms with Crippen molar-refractivity contribution in [1.82, 2.24) is 19.7 Å². The van der Waals surface area contributed by atoms with Crippen LogP contribution >= 0.6 is 11.6 Å². The number of nitrogens with zero attached hydrogens (tertiary/aromatic N) is 3. The molecule has 0 bridgehead atoms. The van der Waals surface area contributed by atoms with Crippen LogP contribution < -0.4 is 4.74 Å². The maximum absolute atomic E-state index is 14.3. The molecule has 3 heterocycles. The summed E-state index contributed by atoms with van der Waals surface area (Å²) in [5.41, 5.74) is 5.31. The Morgan fingerprint density at radius 2 is 2.03 bits per heavy atom. The number of aromatic amines is 1. The Kier molecular flexibility index (Phi) is 5.90. The summed E-state index contributed by atoms with van der Waals surface area (Å²) >= 11 is 6.36. The van der Waals surface area contributed by atoms with E-state index in [9.17, 15) is 9.18 Å². The molecule has 3 aromatic heterocycles. The van der Waals surface area contributed by atoms with Crippen LogP contribution in [0.2, 0.25) is 5.02 Å². The van der Waals surface area contributed by atoms with E-state index in [1.807, 2.05) is 30.2 Å². The second-order valence-corrected chi connectivity index (χ2v) is 9.30. The Bertz CT molecular complexity index is 1380. The summed E-state index contributed by atoms with van der Waals surface area (Å²) in [5, 5.41) is 5.65. The van der Waals surface area contributed by atoms with E-state index in [0.717, 1.165) is 46.3 Å². The summed E-state index contributed by atoms with van der Waals surface area (Å²) in [6.07, 6.45) is 8.48. The van der Waals surface area contributed by atoms with Gasteiger partial charge in [0, 0.05) is 58.9 Å². The SMILES string of the molecule is COc1ccc(F)c(Cl)c1C(C)c1c[nH]c2ncc(-c3cnn(C4CCC(=O)CC4)c3C)cc12. The molecule has 176 valence electrons. The Balaban J connectivity index is 1.54. The van der Waals surface area contributed by atoms with Gasteiger partial charge in [-0.2, -0.15) is 5.10 Å². The molecule has 0 amide bonds. The third-order valence-corrected chi connectivity index (χ3v) is 7.37. The Morgan fingerprint density at radius 1 is 1.26 bits per heavy atom. The topological polar surface area (TPSA) is 72.8 Å². The molecule has 0 saturated heterocycles. The normalized spacial score (nSPS) is 15.7. The number of hydrogen-bond donors (Lipinski definition) is 1. The van der Waals surface area contributed by atoms with Crippen molar-refractivity contribution in [3.8, 4) is 16.9 Å². The summed E-state index contributed by atoms with van der Waals surface area (Å²) in [6, 6.07) is 5.24. The fourth-order valence-electron chi connectivity index (χ4n) is 5.06. The average molecular weight is 481 g/mol. The van der Waals surface area contributed by atoms with Crippen LogP contribution in [0.3, 0.4) is 0 Å². The molecule has 1 atom stereocenters. The number of hydrogen-bond acceptors (Lipinski definition) is 4. The van der Waals surface area contributed by atoms with E-state index in [4.69, 9.17) is 16.3 Å². The lowest BCUT2D eigenvalue weighted by Crippen LogP contribution is -2.19. The van der Waals surface area contributed by atoms with Crippen LogP contribution in [0, 0.1) is 12.7 Å². The number of carbonyl (C=O) groups is 1. The molecule has 0 radical (unpaired) electrons. The highest BCUT2D eigenvalue weighted by molar-refractivity contribution is 6.31. The van der Waals surface area contributed by atoms with E-state index >= 15 is 0 Å². The van der Waals surface area contributed by atoms with Gasteiger partial charge in [0.2, 0.25) is 0 Å². The second-order valence-electron chi connectivity index (χ2n) is 8.92. The minimum Gasteiger partial charge on any atom is -0.496 e. The number of fused-ring (bicyclic) bond motifs is 1. The van der Waals surface area contributed by atoms with Gasteiger partial charge in [0.25, 0.3) is 0 Å². The molecule has 8 heteroatoms. The van der Waals surface area contributed by atoms with E-state index in [-0.39, 0.29) is 17.0 Å². The van der Waals surface area contributed by atoms with Gasteiger partial charge in [-0.15, -0.1) is 0 Å². The molecule has 1 aliphatic carbocycles. The largest absolute Gasteiger partial charge is 0.496 e. The number of methoxy groups -OCH3 is 1. The van der Waals surface area contributed by atoms with Gasteiger partial charge in [0.15, 0.2) is 0 Å². The van der Waals surface area contributed by atoms with Gasteiger partial charge in [-0.25, -0.2) is 9.37 Å². The van der Waals surface area contributed by atoms with Crippen molar-refractivity contribution >= 4 is 28.4 Å². The fraction of sp³-hybridized carbons (Fsp3) is 0.346. The summed E-state index contributed by atoms with van der Waals surface area (Å²) in [5.74, 6) is 0.170. The molecule has 1 aromatic carbocycles. The third-order valence-electron chi connectivity index (χ3n) is 6.99. The molecule has 0 spiro atoms. The Morgan fingerprint density at radius 3 is 2.76 bits per heavy atom. The van der Waals surface area contributed by atoms with Crippen LogP contribution in [0.25, 0.3) is 22.2 Å². The van der Waals surface area contributed by atoms with Gasteiger partial charge in [0.1, 0.15) is 23.0 Å². The van der Waals surface area contributed by atoms with Crippen molar-refractivity contribution in [3.05, 3.63) is 64.5 Å². The molecule has 1 saturated carbocycles. The predicted molar refractivity (Wildman–Crippen MR) is 130 cm³/mol. The van der Waals surface area contributed by atoms with Crippen molar-refractivity contribution < 1.29 is 13.9 Å². The van der Waals surface area contributed by atoms with E-state index in [0.29, 0.717) is 29.9 Å². The molecule has 1 aliphatic rings. The zero-order valence-corrected chi connectivity index (χ0v) is 20.1. The number of Topliss-reactive ketones (excluding diaryl/α,β-unsaturated/α-hetero) is 1. The molecule has 34 heavy (non-hydrogen) atoms. The Labute approximate surface area is 202 Å². The van der Waals surface area contributed by atoms with Crippen molar-refractivity contribution in [2.45, 2.75) is 51.5 Å². The number of carbonyl (C=O) groups excluding carboxylic acids is 1. The monoisotopic (exact) mass is 480 g/mol. The molecule has 1 N–H and O–H groups in total. The number of ketones is 1. The first-order valence-corrected chi connectivity index (χ1v) is 11.8. The number of ether oxygens (including phenoxy) is 1. The first-order chi connectivity index (χ1) is 16.4. The van der Waals surface area contributed by atoms with Crippen molar-refractivity contribution in [2.24, 2.45) is 0 Å². The second kappa shape index (κ2) is 8.87. The lowest BCUT2D eigenvalue weighted by atomic mass is 9.91. The number of benzene rings is 1. The maximum atomic E-state index is 14.3. The fourth-order valence-corrected chi connectivity index (χ4v) is 5.38. The maximum Gasteiger partial charge on any atom is 0.142 e. The van der Waals surface area contributed by atoms with E-state index < -0.39 is 5.82 Å². The van der Waals surface area contributed by atoms with Crippen LogP contribution in [0.5, 0.6) is 5.75 Å². The minimum absolute atomic E-state index is 0.0633. The molecule has 1 unspecified atom stereocenters. The average Bonchev–Trinajstić information content (AvgIpc) is 3.44. The first-order valence-electron chi connectivity index (χ1n) is 11.4. The van der Waals surface area contributed by atoms with Crippen LogP contribution in [-0.4, -0.2) is 32.6 Å². The minimum atomic E-state index is -0.476. The lowest BCUT2D eigenvalue weighted by molar-refractivity contribution is -0.120. The number of rotatable bonds is 5. The highest BCUT2D eigenvalue weighted by Gasteiger charge is 2.25. The van der Waals surface area contributed by atoms with Crippen LogP contribution in [0.15, 0.2) is 36.8 Å². The molecule has 1 fully saturated rings. The molecule has 4 aromatic rings. The molecular weight excluding hydrogens is 455 g/mol.